The van der Waals surface area contributed by atoms with Gasteiger partial charge in [-0.15, -0.1) is 0 Å². The molecule has 2 rings (SSSR count). The summed E-state index contributed by atoms with van der Waals surface area (Å²) in [6.45, 7) is -1.62. The number of aliphatic hydroxyl groups excluding tert-OH is 1. The summed E-state index contributed by atoms with van der Waals surface area (Å²) in [6.07, 6.45) is -3.07. The van der Waals surface area contributed by atoms with Gasteiger partial charge in [0.05, 0.1) is 24.0 Å². The lowest BCUT2D eigenvalue weighted by molar-refractivity contribution is -0.119. The van der Waals surface area contributed by atoms with Crippen LogP contribution in [0.3, 0.4) is 0 Å². The van der Waals surface area contributed by atoms with E-state index in [0.717, 1.165) is 4.90 Å². The zero-order valence-corrected chi connectivity index (χ0v) is 9.93. The van der Waals surface area contributed by atoms with Crippen LogP contribution in [0.5, 0.6) is 0 Å². The highest BCUT2D eigenvalue weighted by Crippen LogP contribution is 2.27. The van der Waals surface area contributed by atoms with Crippen molar-refractivity contribution in [3.8, 4) is 0 Å². The fourth-order valence-electron chi connectivity index (χ4n) is 1.87. The zero-order valence-electron chi connectivity index (χ0n) is 9.93. The van der Waals surface area contributed by atoms with Crippen LogP contribution in [0, 0.1) is 0 Å². The van der Waals surface area contributed by atoms with E-state index in [-0.39, 0.29) is 13.2 Å². The van der Waals surface area contributed by atoms with Crippen LogP contribution in [0.2, 0.25) is 0 Å². The molecule has 0 fully saturated rings. The lowest BCUT2D eigenvalue weighted by atomic mass is 10.2. The number of alkyl halides is 3. The molecule has 0 spiro atoms. The first-order valence-electron chi connectivity index (χ1n) is 5.64. The second-order valence-corrected chi connectivity index (χ2v) is 4.01. The van der Waals surface area contributed by atoms with Gasteiger partial charge in [0, 0.05) is 11.9 Å². The molecule has 0 amide bonds. The Labute approximate surface area is 107 Å². The normalized spacial score (nSPS) is 11.8. The maximum Gasteiger partial charge on any atom is 0.405 e. The van der Waals surface area contributed by atoms with E-state index in [1.807, 2.05) is 0 Å². The average Bonchev–Trinajstić information content (AvgIpc) is 2.36. The molecule has 0 saturated carbocycles. The maximum absolute atomic E-state index is 12.6. The number of fused-ring (bicyclic) bond motifs is 1. The third-order valence-corrected chi connectivity index (χ3v) is 2.61. The van der Waals surface area contributed by atoms with Crippen LogP contribution < -0.4 is 4.90 Å². The summed E-state index contributed by atoms with van der Waals surface area (Å²) in [5, 5.41) is 17.1. The van der Waals surface area contributed by atoms with E-state index in [0.29, 0.717) is 16.6 Å². The van der Waals surface area contributed by atoms with Crippen molar-refractivity contribution in [2.24, 2.45) is 0 Å². The van der Waals surface area contributed by atoms with Crippen molar-refractivity contribution >= 4 is 16.6 Å². The number of aliphatic hydroxyl groups is 1. The molecule has 0 aliphatic rings. The second-order valence-electron chi connectivity index (χ2n) is 4.01. The number of anilines is 1. The largest absolute Gasteiger partial charge is 0.405 e. The molecule has 102 valence electrons. The van der Waals surface area contributed by atoms with Crippen molar-refractivity contribution < 1.29 is 18.3 Å². The molecule has 7 heteroatoms. The fourth-order valence-corrected chi connectivity index (χ4v) is 1.87. The molecular weight excluding hydrogens is 259 g/mol. The van der Waals surface area contributed by atoms with Crippen molar-refractivity contribution in [3.05, 3.63) is 30.5 Å². The topological polar surface area (TPSA) is 49.2 Å². The van der Waals surface area contributed by atoms with Crippen LogP contribution in [0.1, 0.15) is 0 Å². The Hall–Kier alpha value is -1.89. The maximum atomic E-state index is 12.6. The number of aromatic nitrogens is 2. The van der Waals surface area contributed by atoms with Gasteiger partial charge in [-0.05, 0) is 6.07 Å². The molecule has 1 heterocycles. The van der Waals surface area contributed by atoms with Gasteiger partial charge in [0.25, 0.3) is 0 Å². The summed E-state index contributed by atoms with van der Waals surface area (Å²) < 4.78 is 37.7. The van der Waals surface area contributed by atoms with Gasteiger partial charge in [0.1, 0.15) is 6.54 Å². The lowest BCUT2D eigenvalue weighted by Crippen LogP contribution is -2.36. The Morgan fingerprint density at radius 2 is 1.95 bits per heavy atom. The summed E-state index contributed by atoms with van der Waals surface area (Å²) in [4.78, 5) is 1.05. The van der Waals surface area contributed by atoms with E-state index >= 15 is 0 Å². The van der Waals surface area contributed by atoms with Crippen molar-refractivity contribution in [1.29, 1.82) is 0 Å². The summed E-state index contributed by atoms with van der Waals surface area (Å²) in [5.74, 6) is 0. The van der Waals surface area contributed by atoms with Crippen LogP contribution in [0.4, 0.5) is 18.9 Å². The predicted molar refractivity (Wildman–Crippen MR) is 64.9 cm³/mol. The van der Waals surface area contributed by atoms with Crippen molar-refractivity contribution in [1.82, 2.24) is 10.2 Å². The first kappa shape index (κ1) is 13.5. The molecule has 2 aromatic rings. The Kier molecular flexibility index (Phi) is 3.84. The Morgan fingerprint density at radius 3 is 2.63 bits per heavy atom. The molecular formula is C12H12F3N3O. The smallest absolute Gasteiger partial charge is 0.395 e. The predicted octanol–water partition coefficient (Wildman–Crippen LogP) is 1.99. The molecule has 0 bridgehead atoms. The van der Waals surface area contributed by atoms with Crippen LogP contribution in [-0.2, 0) is 0 Å². The number of hydrogen-bond donors (Lipinski definition) is 1. The molecule has 0 aliphatic heterocycles. The highest BCUT2D eigenvalue weighted by atomic mass is 19.4. The minimum absolute atomic E-state index is 0.116. The standard InChI is InChI=1S/C12H12F3N3O/c13-12(14,15)8-18(5-6-19)11-7-16-17-10-4-2-1-3-9(10)11/h1-4,7,19H,5-6,8H2. The van der Waals surface area contributed by atoms with Crippen molar-refractivity contribution in [2.75, 3.05) is 24.6 Å². The van der Waals surface area contributed by atoms with Gasteiger partial charge in [-0.25, -0.2) is 0 Å². The van der Waals surface area contributed by atoms with E-state index in [4.69, 9.17) is 5.11 Å². The van der Waals surface area contributed by atoms with Crippen molar-refractivity contribution in [3.63, 3.8) is 0 Å². The summed E-state index contributed by atoms with van der Waals surface area (Å²) >= 11 is 0. The third-order valence-electron chi connectivity index (χ3n) is 2.61. The quantitative estimate of drug-likeness (QED) is 0.924. The first-order chi connectivity index (χ1) is 9.01. The Morgan fingerprint density at radius 1 is 1.21 bits per heavy atom. The molecule has 4 nitrogen and oxygen atoms in total. The Bertz CT molecular complexity index is 554. The minimum atomic E-state index is -4.35. The summed E-state index contributed by atoms with van der Waals surface area (Å²) in [6, 6.07) is 6.82. The van der Waals surface area contributed by atoms with Gasteiger partial charge in [0.2, 0.25) is 0 Å². The van der Waals surface area contributed by atoms with Crippen molar-refractivity contribution in [2.45, 2.75) is 6.18 Å². The van der Waals surface area contributed by atoms with Gasteiger partial charge in [-0.3, -0.25) is 0 Å². The second kappa shape index (κ2) is 5.40. The lowest BCUT2D eigenvalue weighted by Gasteiger charge is -2.25. The van der Waals surface area contributed by atoms with E-state index in [2.05, 4.69) is 10.2 Å². The number of nitrogens with zero attached hydrogens (tertiary/aromatic N) is 3. The summed E-state index contributed by atoms with van der Waals surface area (Å²) in [5.41, 5.74) is 0.835. The van der Waals surface area contributed by atoms with Gasteiger partial charge in [0.15, 0.2) is 0 Å². The van der Waals surface area contributed by atoms with Crippen LogP contribution in [0.15, 0.2) is 30.5 Å². The molecule has 0 aliphatic carbocycles. The number of rotatable bonds is 4. The molecule has 0 radical (unpaired) electrons. The average molecular weight is 271 g/mol. The summed E-state index contributed by atoms with van der Waals surface area (Å²) in [7, 11) is 0. The highest BCUT2D eigenvalue weighted by molar-refractivity contribution is 5.90. The molecule has 0 saturated heterocycles. The van der Waals surface area contributed by atoms with Gasteiger partial charge < -0.3 is 10.0 Å². The molecule has 1 aromatic carbocycles. The van der Waals surface area contributed by atoms with Gasteiger partial charge in [-0.2, -0.15) is 23.4 Å². The highest BCUT2D eigenvalue weighted by Gasteiger charge is 2.31. The monoisotopic (exact) mass is 271 g/mol. The molecule has 1 aromatic heterocycles. The molecule has 19 heavy (non-hydrogen) atoms. The van der Waals surface area contributed by atoms with Gasteiger partial charge in [-0.1, -0.05) is 18.2 Å². The SMILES string of the molecule is OCCN(CC(F)(F)F)c1cnnc2ccccc12. The van der Waals surface area contributed by atoms with Crippen LogP contribution in [-0.4, -0.2) is 41.2 Å². The van der Waals surface area contributed by atoms with Gasteiger partial charge >= 0.3 is 6.18 Å². The number of hydrogen-bond acceptors (Lipinski definition) is 4. The van der Waals surface area contributed by atoms with Crippen LogP contribution >= 0.6 is 0 Å². The first-order valence-corrected chi connectivity index (χ1v) is 5.64. The van der Waals surface area contributed by atoms with E-state index < -0.39 is 12.7 Å². The third kappa shape index (κ3) is 3.31. The van der Waals surface area contributed by atoms with Crippen LogP contribution in [0.25, 0.3) is 10.9 Å². The molecule has 0 atom stereocenters. The van der Waals surface area contributed by atoms with E-state index in [1.54, 1.807) is 24.3 Å². The van der Waals surface area contributed by atoms with E-state index in [9.17, 15) is 13.2 Å². The fraction of sp³-hybridized carbons (Fsp3) is 0.333. The minimum Gasteiger partial charge on any atom is -0.395 e. The number of halogens is 3. The Balaban J connectivity index is 2.44. The number of benzene rings is 1. The molecule has 1 N–H and O–H groups in total. The van der Waals surface area contributed by atoms with E-state index in [1.165, 1.54) is 6.20 Å². The molecule has 0 unspecified atom stereocenters. The zero-order chi connectivity index (χ0) is 13.9.